The van der Waals surface area contributed by atoms with Crippen molar-refractivity contribution in [1.82, 2.24) is 4.90 Å². The molecule has 0 heterocycles. The maximum absolute atomic E-state index is 11.4. The molecule has 0 aliphatic rings. The Morgan fingerprint density at radius 3 is 1.41 bits per heavy atom. The number of carbonyl (C=O) groups is 1. The normalized spacial score (nSPS) is 11.1. The molecule has 132 valence electrons. The number of amides is 1. The van der Waals surface area contributed by atoms with Gasteiger partial charge in [-0.1, -0.05) is 90.9 Å². The van der Waals surface area contributed by atoms with Gasteiger partial charge in [-0.05, 0) is 12.3 Å². The molecule has 0 unspecified atom stereocenters. The van der Waals surface area contributed by atoms with Crippen LogP contribution in [0.15, 0.2) is 0 Å². The van der Waals surface area contributed by atoms with Crippen molar-refractivity contribution >= 4 is 5.91 Å². The van der Waals surface area contributed by atoms with Gasteiger partial charge in [0.25, 0.3) is 0 Å². The lowest BCUT2D eigenvalue weighted by molar-refractivity contribution is -0.128. The van der Waals surface area contributed by atoms with E-state index in [0.29, 0.717) is 0 Å². The summed E-state index contributed by atoms with van der Waals surface area (Å²) in [5, 5.41) is 0. The first kappa shape index (κ1) is 21.5. The minimum atomic E-state index is 0.272. The number of hydrogen-bond acceptors (Lipinski definition) is 1. The molecule has 0 bridgehead atoms. The van der Waals surface area contributed by atoms with Crippen LogP contribution in [-0.2, 0) is 4.79 Å². The molecular weight excluding hydrogens is 270 g/mol. The molecule has 0 fully saturated rings. The highest BCUT2D eigenvalue weighted by Crippen LogP contribution is 2.14. The Balaban J connectivity index is 3.07. The highest BCUT2D eigenvalue weighted by atomic mass is 16.2. The predicted molar refractivity (Wildman–Crippen MR) is 98.2 cm³/mol. The van der Waals surface area contributed by atoms with E-state index in [1.165, 1.54) is 77.0 Å². The van der Waals surface area contributed by atoms with E-state index in [9.17, 15) is 4.79 Å². The zero-order chi connectivity index (χ0) is 16.6. The molecule has 0 saturated heterocycles. The largest absolute Gasteiger partial charge is 0.349 e. The molecule has 0 aliphatic heterocycles. The minimum absolute atomic E-state index is 0.272. The summed E-state index contributed by atoms with van der Waals surface area (Å²) in [6.07, 6.45) is 18.4. The second-order valence-electron chi connectivity index (χ2n) is 7.46. The summed E-state index contributed by atoms with van der Waals surface area (Å²) in [5.74, 6) is 1.15. The Morgan fingerprint density at radius 2 is 1.05 bits per heavy atom. The van der Waals surface area contributed by atoms with Gasteiger partial charge in [-0.3, -0.25) is 4.79 Å². The van der Waals surface area contributed by atoms with Gasteiger partial charge in [-0.2, -0.15) is 0 Å². The van der Waals surface area contributed by atoms with Crippen LogP contribution in [0.3, 0.4) is 0 Å². The Hall–Kier alpha value is -0.530. The third-order valence-electron chi connectivity index (χ3n) is 4.42. The Labute approximate surface area is 140 Å². The van der Waals surface area contributed by atoms with Crippen LogP contribution in [0.4, 0.5) is 0 Å². The van der Waals surface area contributed by atoms with Crippen molar-refractivity contribution in [3.63, 3.8) is 0 Å². The zero-order valence-electron chi connectivity index (χ0n) is 15.8. The molecule has 2 heteroatoms. The first-order valence-electron chi connectivity index (χ1n) is 9.74. The van der Waals surface area contributed by atoms with Crippen molar-refractivity contribution in [2.24, 2.45) is 5.92 Å². The fourth-order valence-electron chi connectivity index (χ4n) is 2.82. The average Bonchev–Trinajstić information content (AvgIpc) is 2.46. The van der Waals surface area contributed by atoms with Crippen LogP contribution in [0, 0.1) is 5.92 Å². The summed E-state index contributed by atoms with van der Waals surface area (Å²) in [7, 11) is 3.68. The van der Waals surface area contributed by atoms with Crippen LogP contribution in [0.1, 0.15) is 104 Å². The molecule has 0 spiro atoms. The molecule has 0 atom stereocenters. The van der Waals surface area contributed by atoms with Crippen molar-refractivity contribution in [3.8, 4) is 0 Å². The first-order chi connectivity index (χ1) is 10.5. The van der Waals surface area contributed by atoms with Crippen LogP contribution in [0.5, 0.6) is 0 Å². The summed E-state index contributed by atoms with van der Waals surface area (Å²) < 4.78 is 0. The summed E-state index contributed by atoms with van der Waals surface area (Å²) in [6.45, 7) is 4.64. The Morgan fingerprint density at radius 1 is 0.682 bits per heavy atom. The average molecular weight is 312 g/mol. The topological polar surface area (TPSA) is 20.3 Å². The van der Waals surface area contributed by atoms with Gasteiger partial charge in [-0.15, -0.1) is 0 Å². The second kappa shape index (κ2) is 15.4. The summed E-state index contributed by atoms with van der Waals surface area (Å²) >= 11 is 0. The molecule has 0 radical (unpaired) electrons. The van der Waals surface area contributed by atoms with Crippen molar-refractivity contribution < 1.29 is 4.79 Å². The quantitative estimate of drug-likeness (QED) is 0.330. The smallest absolute Gasteiger partial charge is 0.222 e. The summed E-state index contributed by atoms with van der Waals surface area (Å²) in [6, 6.07) is 0. The molecule has 0 rings (SSSR count). The molecule has 0 aromatic rings. The van der Waals surface area contributed by atoms with Crippen molar-refractivity contribution in [1.29, 1.82) is 0 Å². The van der Waals surface area contributed by atoms with Crippen LogP contribution in [0.25, 0.3) is 0 Å². The highest BCUT2D eigenvalue weighted by Gasteiger charge is 2.02. The van der Waals surface area contributed by atoms with E-state index in [1.54, 1.807) is 4.90 Å². The lowest BCUT2D eigenvalue weighted by Crippen LogP contribution is -2.20. The predicted octanol–water partition coefficient (Wildman–Crippen LogP) is 6.19. The Bertz CT molecular complexity index is 248. The summed E-state index contributed by atoms with van der Waals surface area (Å²) in [4.78, 5) is 13.1. The van der Waals surface area contributed by atoms with E-state index < -0.39 is 0 Å². The summed E-state index contributed by atoms with van der Waals surface area (Å²) in [5.41, 5.74) is 0. The number of nitrogens with zero attached hydrogens (tertiary/aromatic N) is 1. The van der Waals surface area contributed by atoms with Crippen molar-refractivity contribution in [2.75, 3.05) is 14.1 Å². The van der Waals surface area contributed by atoms with Gasteiger partial charge in [0.05, 0.1) is 0 Å². The first-order valence-corrected chi connectivity index (χ1v) is 9.74. The molecule has 2 nitrogen and oxygen atoms in total. The van der Waals surface area contributed by atoms with Gasteiger partial charge in [0.15, 0.2) is 0 Å². The fraction of sp³-hybridized carbons (Fsp3) is 0.950. The number of carbonyl (C=O) groups excluding carboxylic acids is 1. The van der Waals surface area contributed by atoms with Gasteiger partial charge in [0, 0.05) is 20.5 Å². The van der Waals surface area contributed by atoms with Crippen LogP contribution < -0.4 is 0 Å². The van der Waals surface area contributed by atoms with Crippen molar-refractivity contribution in [2.45, 2.75) is 104 Å². The molecule has 0 aliphatic carbocycles. The van der Waals surface area contributed by atoms with Gasteiger partial charge in [0.2, 0.25) is 5.91 Å². The van der Waals surface area contributed by atoms with E-state index in [-0.39, 0.29) is 5.91 Å². The monoisotopic (exact) mass is 311 g/mol. The van der Waals surface area contributed by atoms with Gasteiger partial charge < -0.3 is 4.90 Å². The van der Waals surface area contributed by atoms with E-state index >= 15 is 0 Å². The lowest BCUT2D eigenvalue weighted by Gasteiger charge is -2.09. The molecule has 0 aromatic carbocycles. The third-order valence-corrected chi connectivity index (χ3v) is 4.42. The molecular formula is C20H41NO. The van der Waals surface area contributed by atoms with E-state index in [2.05, 4.69) is 13.8 Å². The van der Waals surface area contributed by atoms with Crippen LogP contribution in [-0.4, -0.2) is 24.9 Å². The number of rotatable bonds is 15. The van der Waals surface area contributed by atoms with E-state index in [1.807, 2.05) is 14.1 Å². The second-order valence-corrected chi connectivity index (χ2v) is 7.46. The number of unbranched alkanes of at least 4 members (excludes halogenated alkanes) is 11. The lowest BCUT2D eigenvalue weighted by atomic mass is 10.0. The van der Waals surface area contributed by atoms with Gasteiger partial charge in [0.1, 0.15) is 0 Å². The standard InChI is InChI=1S/C20H41NO/c1-19(2)17-15-13-11-9-7-5-6-8-10-12-14-16-18-20(22)21(3)4/h19H,5-18H2,1-4H3. The fourth-order valence-corrected chi connectivity index (χ4v) is 2.82. The zero-order valence-corrected chi connectivity index (χ0v) is 15.8. The van der Waals surface area contributed by atoms with Gasteiger partial charge >= 0.3 is 0 Å². The maximum atomic E-state index is 11.4. The maximum Gasteiger partial charge on any atom is 0.222 e. The van der Waals surface area contributed by atoms with E-state index in [4.69, 9.17) is 0 Å². The van der Waals surface area contributed by atoms with Crippen molar-refractivity contribution in [3.05, 3.63) is 0 Å². The highest BCUT2D eigenvalue weighted by molar-refractivity contribution is 5.75. The molecule has 0 aromatic heterocycles. The Kier molecular flexibility index (Phi) is 15.0. The minimum Gasteiger partial charge on any atom is -0.349 e. The number of hydrogen-bond donors (Lipinski definition) is 0. The SMILES string of the molecule is CC(C)CCCCCCCCCCCCCCC(=O)N(C)C. The van der Waals surface area contributed by atoms with Crippen LogP contribution in [0.2, 0.25) is 0 Å². The third kappa shape index (κ3) is 15.9. The van der Waals surface area contributed by atoms with E-state index in [0.717, 1.165) is 18.8 Å². The van der Waals surface area contributed by atoms with Crippen LogP contribution >= 0.6 is 0 Å². The molecule has 1 amide bonds. The van der Waals surface area contributed by atoms with Gasteiger partial charge in [-0.25, -0.2) is 0 Å². The molecule has 22 heavy (non-hydrogen) atoms. The molecule has 0 saturated carbocycles. The molecule has 0 N–H and O–H groups in total.